The van der Waals surface area contributed by atoms with Crippen LogP contribution in [0.5, 0.6) is 5.75 Å². The van der Waals surface area contributed by atoms with E-state index in [1.807, 2.05) is 0 Å². The van der Waals surface area contributed by atoms with Gasteiger partial charge in [-0.2, -0.15) is 0 Å². The number of rotatable bonds is 5. The van der Waals surface area contributed by atoms with Crippen LogP contribution in [0.2, 0.25) is 0 Å². The van der Waals surface area contributed by atoms with E-state index in [0.29, 0.717) is 5.56 Å². The first-order chi connectivity index (χ1) is 15.4. The van der Waals surface area contributed by atoms with Crippen molar-refractivity contribution in [3.63, 3.8) is 0 Å². The number of carboxylic acids is 1. The van der Waals surface area contributed by atoms with Gasteiger partial charge in [-0.05, 0) is 61.2 Å². The maximum Gasteiger partial charge on any atom is 0.337 e. The number of anilines is 2. The van der Waals surface area contributed by atoms with E-state index in [2.05, 4.69) is 10.2 Å². The topological polar surface area (TPSA) is 89.9 Å². The quantitative estimate of drug-likeness (QED) is 0.517. The van der Waals surface area contributed by atoms with E-state index in [4.69, 9.17) is 0 Å². The molecule has 0 bridgehead atoms. The van der Waals surface area contributed by atoms with E-state index in [0.717, 1.165) is 38.0 Å². The lowest BCUT2D eigenvalue weighted by molar-refractivity contribution is 0.0698. The molecule has 0 spiro atoms. The van der Waals surface area contributed by atoms with Gasteiger partial charge in [0.25, 0.3) is 5.91 Å². The number of carbonyl (C=O) groups is 2. The second kappa shape index (κ2) is 9.09. The third-order valence-corrected chi connectivity index (χ3v) is 5.63. The van der Waals surface area contributed by atoms with E-state index < -0.39 is 17.7 Å². The van der Waals surface area contributed by atoms with Gasteiger partial charge in [-0.25, -0.2) is 9.18 Å². The zero-order valence-corrected chi connectivity index (χ0v) is 17.3. The number of phenolic OH excluding ortho intramolecular Hbond substituents is 1. The summed E-state index contributed by atoms with van der Waals surface area (Å²) in [5.41, 5.74) is 1.47. The standard InChI is InChI=1S/C25H23FN2O4/c26-21-7-3-2-6-18(21)16-8-10-19(25(31)32)22(14-16)27-24(30)20-15-17(9-11-23(20)29)28-12-4-1-5-13-28/h2-3,6-11,14-15,29H,1,4-5,12-13H2,(H,27,30)(H,31,32). The molecule has 7 heteroatoms. The van der Waals surface area contributed by atoms with Crippen molar-refractivity contribution >= 4 is 23.3 Å². The summed E-state index contributed by atoms with van der Waals surface area (Å²) in [5.74, 6) is -2.54. The lowest BCUT2D eigenvalue weighted by Crippen LogP contribution is -2.29. The molecule has 3 N–H and O–H groups in total. The van der Waals surface area contributed by atoms with Crippen molar-refractivity contribution in [2.24, 2.45) is 0 Å². The number of phenols is 1. The van der Waals surface area contributed by atoms with Crippen LogP contribution >= 0.6 is 0 Å². The molecule has 3 aromatic carbocycles. The first-order valence-corrected chi connectivity index (χ1v) is 10.5. The minimum atomic E-state index is -1.23. The average Bonchev–Trinajstić information content (AvgIpc) is 2.80. The molecule has 0 atom stereocenters. The summed E-state index contributed by atoms with van der Waals surface area (Å²) in [6.07, 6.45) is 3.29. The Morgan fingerprint density at radius 3 is 2.38 bits per heavy atom. The van der Waals surface area contributed by atoms with E-state index >= 15 is 0 Å². The summed E-state index contributed by atoms with van der Waals surface area (Å²) in [7, 11) is 0. The highest BCUT2D eigenvalue weighted by Gasteiger charge is 2.20. The molecule has 1 saturated heterocycles. The van der Waals surface area contributed by atoms with Gasteiger partial charge in [0, 0.05) is 24.3 Å². The summed E-state index contributed by atoms with van der Waals surface area (Å²) < 4.78 is 14.2. The summed E-state index contributed by atoms with van der Waals surface area (Å²) in [5, 5.41) is 22.4. The number of halogens is 1. The number of piperidine rings is 1. The number of hydrogen-bond acceptors (Lipinski definition) is 4. The fraction of sp³-hybridized carbons (Fsp3) is 0.200. The Bertz CT molecular complexity index is 1170. The highest BCUT2D eigenvalue weighted by molar-refractivity contribution is 6.10. The van der Waals surface area contributed by atoms with Crippen molar-refractivity contribution in [2.45, 2.75) is 19.3 Å². The van der Waals surface area contributed by atoms with Gasteiger partial charge in [0.05, 0.1) is 16.8 Å². The Morgan fingerprint density at radius 1 is 0.906 bits per heavy atom. The predicted molar refractivity (Wildman–Crippen MR) is 121 cm³/mol. The molecule has 0 saturated carbocycles. The predicted octanol–water partition coefficient (Wildman–Crippen LogP) is 5.14. The van der Waals surface area contributed by atoms with Crippen molar-refractivity contribution in [2.75, 3.05) is 23.3 Å². The molecular weight excluding hydrogens is 411 g/mol. The third-order valence-electron chi connectivity index (χ3n) is 5.63. The fourth-order valence-corrected chi connectivity index (χ4v) is 3.94. The Balaban J connectivity index is 1.67. The van der Waals surface area contributed by atoms with Crippen LogP contribution in [0.1, 0.15) is 40.0 Å². The van der Waals surface area contributed by atoms with Crippen molar-refractivity contribution in [1.29, 1.82) is 0 Å². The number of nitrogens with one attached hydrogen (secondary N) is 1. The van der Waals surface area contributed by atoms with Crippen LogP contribution in [-0.4, -0.2) is 35.2 Å². The van der Waals surface area contributed by atoms with Gasteiger partial charge in [-0.1, -0.05) is 24.3 Å². The van der Waals surface area contributed by atoms with E-state index in [1.165, 1.54) is 30.3 Å². The van der Waals surface area contributed by atoms with E-state index in [-0.39, 0.29) is 28.1 Å². The summed E-state index contributed by atoms with van der Waals surface area (Å²) in [6, 6.07) is 15.2. The molecule has 0 radical (unpaired) electrons. The number of aromatic hydroxyl groups is 1. The molecule has 1 aliphatic rings. The third kappa shape index (κ3) is 4.42. The number of hydrogen-bond donors (Lipinski definition) is 3. The normalized spacial score (nSPS) is 13.6. The fourth-order valence-electron chi connectivity index (χ4n) is 3.94. The van der Waals surface area contributed by atoms with E-state index in [1.54, 1.807) is 30.3 Å². The number of aromatic carboxylic acids is 1. The Kier molecular flexibility index (Phi) is 6.07. The van der Waals surface area contributed by atoms with Crippen molar-refractivity contribution in [1.82, 2.24) is 0 Å². The Labute approximate surface area is 184 Å². The van der Waals surface area contributed by atoms with Crippen LogP contribution in [0.4, 0.5) is 15.8 Å². The number of benzene rings is 3. The Morgan fingerprint density at radius 2 is 1.66 bits per heavy atom. The van der Waals surface area contributed by atoms with E-state index in [9.17, 15) is 24.2 Å². The summed E-state index contributed by atoms with van der Waals surface area (Å²) in [4.78, 5) is 26.9. The van der Waals surface area contributed by atoms with Crippen LogP contribution in [0.15, 0.2) is 60.7 Å². The van der Waals surface area contributed by atoms with Crippen molar-refractivity contribution in [3.05, 3.63) is 77.6 Å². The second-order valence-corrected chi connectivity index (χ2v) is 7.75. The lowest BCUT2D eigenvalue weighted by atomic mass is 10.0. The number of carbonyl (C=O) groups excluding carboxylic acids is 1. The first-order valence-electron chi connectivity index (χ1n) is 10.5. The molecule has 0 aromatic heterocycles. The average molecular weight is 434 g/mol. The molecule has 3 aromatic rings. The zero-order chi connectivity index (χ0) is 22.7. The molecule has 1 amide bonds. The van der Waals surface area contributed by atoms with Crippen LogP contribution < -0.4 is 10.2 Å². The molecule has 1 fully saturated rings. The van der Waals surface area contributed by atoms with Gasteiger partial charge < -0.3 is 20.4 Å². The number of carboxylic acid groups (broad SMARTS) is 1. The molecule has 0 aliphatic carbocycles. The molecule has 6 nitrogen and oxygen atoms in total. The Hall–Kier alpha value is -3.87. The molecule has 0 unspecified atom stereocenters. The minimum absolute atomic E-state index is 0.0195. The number of nitrogens with zero attached hydrogens (tertiary/aromatic N) is 1. The zero-order valence-electron chi connectivity index (χ0n) is 17.3. The SMILES string of the molecule is O=C(Nc1cc(-c2ccccc2F)ccc1C(=O)O)c1cc(N2CCCCC2)ccc1O. The van der Waals surface area contributed by atoms with Gasteiger partial charge in [0.1, 0.15) is 11.6 Å². The molecule has 164 valence electrons. The largest absolute Gasteiger partial charge is 0.507 e. The minimum Gasteiger partial charge on any atom is -0.507 e. The van der Waals surface area contributed by atoms with Gasteiger partial charge >= 0.3 is 5.97 Å². The highest BCUT2D eigenvalue weighted by Crippen LogP contribution is 2.30. The molecule has 4 rings (SSSR count). The maximum absolute atomic E-state index is 14.2. The monoisotopic (exact) mass is 434 g/mol. The number of amides is 1. The highest BCUT2D eigenvalue weighted by atomic mass is 19.1. The van der Waals surface area contributed by atoms with Gasteiger partial charge in [-0.3, -0.25) is 4.79 Å². The smallest absolute Gasteiger partial charge is 0.337 e. The van der Waals surface area contributed by atoms with Crippen LogP contribution in [0.3, 0.4) is 0 Å². The van der Waals surface area contributed by atoms with Crippen molar-refractivity contribution in [3.8, 4) is 16.9 Å². The van der Waals surface area contributed by atoms with Crippen LogP contribution in [0.25, 0.3) is 11.1 Å². The summed E-state index contributed by atoms with van der Waals surface area (Å²) >= 11 is 0. The van der Waals surface area contributed by atoms with Gasteiger partial charge in [-0.15, -0.1) is 0 Å². The summed E-state index contributed by atoms with van der Waals surface area (Å²) in [6.45, 7) is 1.75. The molecular formula is C25H23FN2O4. The second-order valence-electron chi connectivity index (χ2n) is 7.75. The molecule has 1 heterocycles. The molecule has 1 aliphatic heterocycles. The van der Waals surface area contributed by atoms with Crippen LogP contribution in [-0.2, 0) is 0 Å². The first kappa shape index (κ1) is 21.4. The van der Waals surface area contributed by atoms with Crippen LogP contribution in [0, 0.1) is 5.82 Å². The molecule has 32 heavy (non-hydrogen) atoms. The van der Waals surface area contributed by atoms with Gasteiger partial charge in [0.2, 0.25) is 0 Å². The maximum atomic E-state index is 14.2. The van der Waals surface area contributed by atoms with Gasteiger partial charge in [0.15, 0.2) is 0 Å². The van der Waals surface area contributed by atoms with Crippen molar-refractivity contribution < 1.29 is 24.2 Å². The lowest BCUT2D eigenvalue weighted by Gasteiger charge is -2.29.